The summed E-state index contributed by atoms with van der Waals surface area (Å²) in [6.45, 7) is 1.71. The number of carbonyl (C=O) groups excluding carboxylic acids is 1. The number of nitrogens with zero attached hydrogens (tertiary/aromatic N) is 1. The average Bonchev–Trinajstić information content (AvgIpc) is 3.02. The Morgan fingerprint density at radius 1 is 1.27 bits per heavy atom. The summed E-state index contributed by atoms with van der Waals surface area (Å²) in [4.78, 5) is 13.1. The summed E-state index contributed by atoms with van der Waals surface area (Å²) in [5, 5.41) is 4.16. The maximum absolute atomic E-state index is 11.0. The van der Waals surface area contributed by atoms with Crippen molar-refractivity contribution >= 4 is 23.2 Å². The summed E-state index contributed by atoms with van der Waals surface area (Å²) in [7, 11) is 0. The van der Waals surface area contributed by atoms with Crippen LogP contribution in [0, 0.1) is 5.92 Å². The standard InChI is InChI=1S/C10H17N3OS/c11-9(14)7-3-5-13(6-4-7)10(15)12-8-1-2-8/h7-8H,1-6H2,(H2,11,14)(H,12,15). The Morgan fingerprint density at radius 2 is 1.87 bits per heavy atom. The van der Waals surface area contributed by atoms with E-state index < -0.39 is 0 Å². The van der Waals surface area contributed by atoms with Gasteiger partial charge in [-0.15, -0.1) is 0 Å². The molecule has 0 aromatic carbocycles. The number of likely N-dealkylation sites (tertiary alicyclic amines) is 1. The molecular formula is C10H17N3OS. The Labute approximate surface area is 95.2 Å². The maximum Gasteiger partial charge on any atom is 0.220 e. The van der Waals surface area contributed by atoms with E-state index in [2.05, 4.69) is 10.2 Å². The third-order valence-corrected chi connectivity index (χ3v) is 3.47. The molecule has 4 nitrogen and oxygen atoms in total. The Morgan fingerprint density at radius 3 is 2.33 bits per heavy atom. The molecule has 2 fully saturated rings. The summed E-state index contributed by atoms with van der Waals surface area (Å²) >= 11 is 5.29. The number of nitrogens with two attached hydrogens (primary N) is 1. The molecule has 5 heteroatoms. The molecule has 1 aliphatic heterocycles. The Bertz CT molecular complexity index is 270. The van der Waals surface area contributed by atoms with Crippen LogP contribution in [0.4, 0.5) is 0 Å². The molecule has 0 spiro atoms. The second kappa shape index (κ2) is 4.35. The van der Waals surface area contributed by atoms with Gasteiger partial charge in [-0.3, -0.25) is 4.79 Å². The first-order valence-corrected chi connectivity index (χ1v) is 5.92. The van der Waals surface area contributed by atoms with E-state index in [4.69, 9.17) is 18.0 Å². The average molecular weight is 227 g/mol. The van der Waals surface area contributed by atoms with Gasteiger partial charge < -0.3 is 16.0 Å². The molecule has 2 rings (SSSR count). The highest BCUT2D eigenvalue weighted by molar-refractivity contribution is 7.80. The van der Waals surface area contributed by atoms with Crippen LogP contribution in [-0.4, -0.2) is 35.1 Å². The van der Waals surface area contributed by atoms with Gasteiger partial charge in [-0.1, -0.05) is 0 Å². The monoisotopic (exact) mass is 227 g/mol. The largest absolute Gasteiger partial charge is 0.369 e. The molecule has 1 saturated heterocycles. The molecular weight excluding hydrogens is 210 g/mol. The molecule has 3 N–H and O–H groups in total. The maximum atomic E-state index is 11.0. The van der Waals surface area contributed by atoms with Crippen molar-refractivity contribution in [1.82, 2.24) is 10.2 Å². The van der Waals surface area contributed by atoms with Crippen molar-refractivity contribution in [2.75, 3.05) is 13.1 Å². The number of hydrogen-bond donors (Lipinski definition) is 2. The predicted molar refractivity (Wildman–Crippen MR) is 62.2 cm³/mol. The van der Waals surface area contributed by atoms with E-state index in [0.717, 1.165) is 31.0 Å². The van der Waals surface area contributed by atoms with E-state index in [-0.39, 0.29) is 11.8 Å². The van der Waals surface area contributed by atoms with Crippen LogP contribution in [0.1, 0.15) is 25.7 Å². The fourth-order valence-corrected chi connectivity index (χ4v) is 2.21. The van der Waals surface area contributed by atoms with Gasteiger partial charge in [0.15, 0.2) is 5.11 Å². The van der Waals surface area contributed by atoms with Crippen molar-refractivity contribution in [1.29, 1.82) is 0 Å². The number of piperidine rings is 1. The Kier molecular flexibility index (Phi) is 3.09. The first-order chi connectivity index (χ1) is 7.16. The van der Waals surface area contributed by atoms with Gasteiger partial charge in [0.25, 0.3) is 0 Å². The molecule has 0 radical (unpaired) electrons. The molecule has 0 aromatic rings. The lowest BCUT2D eigenvalue weighted by molar-refractivity contribution is -0.122. The molecule has 0 unspecified atom stereocenters. The highest BCUT2D eigenvalue weighted by Crippen LogP contribution is 2.21. The molecule has 0 aromatic heterocycles. The molecule has 1 aliphatic carbocycles. The molecule has 0 bridgehead atoms. The number of nitrogens with one attached hydrogen (secondary N) is 1. The summed E-state index contributed by atoms with van der Waals surface area (Å²) < 4.78 is 0. The lowest BCUT2D eigenvalue weighted by Crippen LogP contribution is -2.46. The van der Waals surface area contributed by atoms with Crippen molar-refractivity contribution in [3.63, 3.8) is 0 Å². The van der Waals surface area contributed by atoms with Crippen LogP contribution in [-0.2, 0) is 4.79 Å². The SMILES string of the molecule is NC(=O)C1CCN(C(=S)NC2CC2)CC1. The minimum Gasteiger partial charge on any atom is -0.369 e. The van der Waals surface area contributed by atoms with E-state index >= 15 is 0 Å². The van der Waals surface area contributed by atoms with Crippen LogP contribution in [0.2, 0.25) is 0 Å². The van der Waals surface area contributed by atoms with E-state index in [1.807, 2.05) is 0 Å². The van der Waals surface area contributed by atoms with E-state index in [0.29, 0.717) is 6.04 Å². The molecule has 84 valence electrons. The lowest BCUT2D eigenvalue weighted by Gasteiger charge is -2.32. The van der Waals surface area contributed by atoms with Crippen LogP contribution in [0.3, 0.4) is 0 Å². The van der Waals surface area contributed by atoms with Gasteiger partial charge in [0.2, 0.25) is 5.91 Å². The summed E-state index contributed by atoms with van der Waals surface area (Å²) in [6.07, 6.45) is 4.14. The number of hydrogen-bond acceptors (Lipinski definition) is 2. The molecule has 1 saturated carbocycles. The van der Waals surface area contributed by atoms with Crippen molar-refractivity contribution in [3.05, 3.63) is 0 Å². The van der Waals surface area contributed by atoms with E-state index in [1.54, 1.807) is 0 Å². The fraction of sp³-hybridized carbons (Fsp3) is 0.800. The lowest BCUT2D eigenvalue weighted by atomic mass is 9.97. The summed E-state index contributed by atoms with van der Waals surface area (Å²) in [5.74, 6) is -0.124. The number of thiocarbonyl (C=S) groups is 1. The summed E-state index contributed by atoms with van der Waals surface area (Å²) in [6, 6.07) is 0.603. The highest BCUT2D eigenvalue weighted by Gasteiger charge is 2.27. The van der Waals surface area contributed by atoms with Crippen LogP contribution in [0.5, 0.6) is 0 Å². The van der Waals surface area contributed by atoms with Gasteiger partial charge in [0.1, 0.15) is 0 Å². The molecule has 15 heavy (non-hydrogen) atoms. The second-order valence-corrected chi connectivity index (χ2v) is 4.77. The molecule has 1 heterocycles. The molecule has 1 amide bonds. The first kappa shape index (κ1) is 10.7. The number of carbonyl (C=O) groups is 1. The quantitative estimate of drug-likeness (QED) is 0.663. The first-order valence-electron chi connectivity index (χ1n) is 5.51. The van der Waals surface area contributed by atoms with Crippen molar-refractivity contribution < 1.29 is 4.79 Å². The van der Waals surface area contributed by atoms with Gasteiger partial charge in [-0.05, 0) is 37.9 Å². The predicted octanol–water partition coefficient (Wildman–Crippen LogP) is 0.221. The van der Waals surface area contributed by atoms with E-state index in [1.165, 1.54) is 12.8 Å². The molecule has 0 atom stereocenters. The second-order valence-electron chi connectivity index (χ2n) is 4.39. The third kappa shape index (κ3) is 2.81. The summed E-state index contributed by atoms with van der Waals surface area (Å²) in [5.41, 5.74) is 5.27. The smallest absolute Gasteiger partial charge is 0.220 e. The topological polar surface area (TPSA) is 58.4 Å². The zero-order valence-corrected chi connectivity index (χ0v) is 9.55. The van der Waals surface area contributed by atoms with Gasteiger partial charge in [-0.25, -0.2) is 0 Å². The van der Waals surface area contributed by atoms with Gasteiger partial charge in [0, 0.05) is 25.0 Å². The van der Waals surface area contributed by atoms with Crippen molar-refractivity contribution in [2.45, 2.75) is 31.7 Å². The minimum absolute atomic E-state index is 0.0463. The zero-order chi connectivity index (χ0) is 10.8. The normalized spacial score (nSPS) is 22.5. The Hall–Kier alpha value is -0.840. The minimum atomic E-state index is -0.171. The van der Waals surface area contributed by atoms with Crippen molar-refractivity contribution in [2.24, 2.45) is 11.7 Å². The van der Waals surface area contributed by atoms with Gasteiger partial charge in [-0.2, -0.15) is 0 Å². The Balaban J connectivity index is 1.76. The number of rotatable bonds is 2. The third-order valence-electron chi connectivity index (χ3n) is 3.09. The van der Waals surface area contributed by atoms with Crippen LogP contribution < -0.4 is 11.1 Å². The fourth-order valence-electron chi connectivity index (χ4n) is 1.86. The number of primary amides is 1. The molecule has 2 aliphatic rings. The van der Waals surface area contributed by atoms with Crippen molar-refractivity contribution in [3.8, 4) is 0 Å². The zero-order valence-electron chi connectivity index (χ0n) is 8.74. The van der Waals surface area contributed by atoms with Crippen LogP contribution in [0.25, 0.3) is 0 Å². The van der Waals surface area contributed by atoms with Gasteiger partial charge in [0.05, 0.1) is 0 Å². The van der Waals surface area contributed by atoms with E-state index in [9.17, 15) is 4.79 Å². The van der Waals surface area contributed by atoms with Crippen LogP contribution in [0.15, 0.2) is 0 Å². The van der Waals surface area contributed by atoms with Gasteiger partial charge >= 0.3 is 0 Å². The van der Waals surface area contributed by atoms with Crippen LogP contribution >= 0.6 is 12.2 Å². The number of amides is 1. The highest BCUT2D eigenvalue weighted by atomic mass is 32.1.